The molecule has 0 fully saturated rings. The van der Waals surface area contributed by atoms with E-state index in [9.17, 15) is 0 Å². The van der Waals surface area contributed by atoms with Crippen LogP contribution < -0.4 is 0 Å². The highest BCUT2D eigenvalue weighted by molar-refractivity contribution is 14.1. The van der Waals surface area contributed by atoms with Crippen LogP contribution in [0.3, 0.4) is 0 Å². The maximum absolute atomic E-state index is 4.88. The first-order valence-electron chi connectivity index (χ1n) is 1.60. The molecule has 0 aliphatic carbocycles. The molecule has 0 atom stereocenters. The van der Waals surface area contributed by atoms with Crippen LogP contribution in [0, 0.1) is 0 Å². The highest BCUT2D eigenvalue weighted by Crippen LogP contribution is 1.81. The van der Waals surface area contributed by atoms with Gasteiger partial charge in [0.25, 0.3) is 0 Å². The minimum atomic E-state index is -0.944. The topological polar surface area (TPSA) is 9.23 Å². The van der Waals surface area contributed by atoms with Gasteiger partial charge in [0.15, 0.2) is 0 Å². The molecule has 0 aliphatic heterocycles. The fourth-order valence-electron chi connectivity index (χ4n) is 0.109. The third-order valence-electron chi connectivity index (χ3n) is 0.274. The molecular formula is C2H5IOS3. The van der Waals surface area contributed by atoms with Gasteiger partial charge >= 0.3 is 0 Å². The summed E-state index contributed by atoms with van der Waals surface area (Å²) < 4.78 is 5.85. The SMILES string of the molecule is S=[SH](=S)OCCI. The van der Waals surface area contributed by atoms with Crippen LogP contribution in [0.15, 0.2) is 0 Å². The molecule has 0 bridgehead atoms. The molecular weight excluding hydrogens is 263 g/mol. The molecule has 0 saturated heterocycles. The highest BCUT2D eigenvalue weighted by Gasteiger charge is 1.75. The van der Waals surface area contributed by atoms with Gasteiger partial charge in [0.05, 0.1) is 6.61 Å². The third kappa shape index (κ3) is 7.48. The van der Waals surface area contributed by atoms with E-state index in [2.05, 4.69) is 45.0 Å². The van der Waals surface area contributed by atoms with Gasteiger partial charge in [0, 0.05) is 12.7 Å². The fourth-order valence-corrected chi connectivity index (χ4v) is 1.37. The van der Waals surface area contributed by atoms with Crippen molar-refractivity contribution in [1.82, 2.24) is 0 Å². The Kier molecular flexibility index (Phi) is 6.80. The van der Waals surface area contributed by atoms with Gasteiger partial charge < -0.3 is 4.18 Å². The Labute approximate surface area is 68.0 Å². The third-order valence-corrected chi connectivity index (χ3v) is 1.74. The Hall–Kier alpha value is 1.48. The summed E-state index contributed by atoms with van der Waals surface area (Å²) >= 11 is 11.4. The van der Waals surface area contributed by atoms with Crippen LogP contribution >= 0.6 is 22.6 Å². The molecule has 0 unspecified atom stereocenters. The zero-order valence-electron chi connectivity index (χ0n) is 3.46. The summed E-state index contributed by atoms with van der Waals surface area (Å²) in [4.78, 5) is 0. The second kappa shape index (κ2) is 5.61. The zero-order valence-corrected chi connectivity index (χ0v) is 8.15. The van der Waals surface area contributed by atoms with Crippen LogP contribution in [0.25, 0.3) is 0 Å². The van der Waals surface area contributed by atoms with Gasteiger partial charge in [-0.3, -0.25) is 0 Å². The van der Waals surface area contributed by atoms with E-state index in [1.807, 2.05) is 0 Å². The molecule has 5 heteroatoms. The lowest BCUT2D eigenvalue weighted by Crippen LogP contribution is -1.89. The number of hydrogen-bond donors (Lipinski definition) is 1. The average Bonchev–Trinajstić information content (AvgIpc) is 1.61. The summed E-state index contributed by atoms with van der Waals surface area (Å²) in [6.45, 7) is 0.708. The maximum atomic E-state index is 4.88. The molecule has 0 saturated carbocycles. The van der Waals surface area contributed by atoms with Gasteiger partial charge in [-0.25, -0.2) is 0 Å². The Morgan fingerprint density at radius 2 is 2.14 bits per heavy atom. The number of hydrogen-bond acceptors (Lipinski definition) is 3. The lowest BCUT2D eigenvalue weighted by Gasteiger charge is -1.88. The van der Waals surface area contributed by atoms with E-state index in [4.69, 9.17) is 4.18 Å². The van der Waals surface area contributed by atoms with Crippen molar-refractivity contribution in [1.29, 1.82) is 0 Å². The van der Waals surface area contributed by atoms with Crippen molar-refractivity contribution in [2.45, 2.75) is 0 Å². The van der Waals surface area contributed by atoms with Gasteiger partial charge in [-0.2, -0.15) is 0 Å². The molecule has 7 heavy (non-hydrogen) atoms. The standard InChI is InChI=1S/C2H5IOS3/c3-1-2-4-7(5)6/h7H,1-2H2. The number of alkyl halides is 1. The van der Waals surface area contributed by atoms with Gasteiger partial charge in [-0.05, 0) is 22.4 Å². The molecule has 0 amide bonds. The Morgan fingerprint density at radius 1 is 1.57 bits per heavy atom. The molecule has 0 aromatic heterocycles. The van der Waals surface area contributed by atoms with Crippen LogP contribution in [-0.2, 0) is 34.9 Å². The van der Waals surface area contributed by atoms with Gasteiger partial charge in [-0.1, -0.05) is 22.6 Å². The molecule has 0 rings (SSSR count). The Bertz CT molecular complexity index is 91.1. The molecule has 44 valence electrons. The fraction of sp³-hybridized carbons (Fsp3) is 1.00. The molecule has 0 spiro atoms. The first-order valence-corrected chi connectivity index (χ1v) is 6.42. The van der Waals surface area contributed by atoms with Crippen LogP contribution in [0.5, 0.6) is 0 Å². The van der Waals surface area contributed by atoms with Crippen LogP contribution in [0.1, 0.15) is 0 Å². The van der Waals surface area contributed by atoms with E-state index < -0.39 is 8.29 Å². The van der Waals surface area contributed by atoms with E-state index in [-0.39, 0.29) is 0 Å². The van der Waals surface area contributed by atoms with Crippen molar-refractivity contribution < 1.29 is 4.18 Å². The second-order valence-electron chi connectivity index (χ2n) is 0.746. The van der Waals surface area contributed by atoms with Gasteiger partial charge in [-0.15, -0.1) is 0 Å². The summed E-state index contributed by atoms with van der Waals surface area (Å²) in [5.74, 6) is 0. The lowest BCUT2D eigenvalue weighted by molar-refractivity contribution is 0.412. The van der Waals surface area contributed by atoms with Crippen LogP contribution in [0.4, 0.5) is 0 Å². The van der Waals surface area contributed by atoms with Crippen molar-refractivity contribution in [3.8, 4) is 0 Å². The van der Waals surface area contributed by atoms with Crippen molar-refractivity contribution in [3.63, 3.8) is 0 Å². The van der Waals surface area contributed by atoms with E-state index in [1.165, 1.54) is 0 Å². The molecule has 0 N–H and O–H groups in total. The molecule has 0 heterocycles. The lowest BCUT2D eigenvalue weighted by atomic mass is 10.9. The average molecular weight is 268 g/mol. The zero-order chi connectivity index (χ0) is 5.70. The number of halogens is 1. The monoisotopic (exact) mass is 268 g/mol. The minimum Gasteiger partial charge on any atom is -0.312 e. The molecule has 0 aromatic carbocycles. The van der Waals surface area contributed by atoms with Crippen LogP contribution in [-0.4, -0.2) is 11.0 Å². The van der Waals surface area contributed by atoms with Crippen molar-refractivity contribution in [3.05, 3.63) is 0 Å². The molecule has 1 nitrogen and oxygen atoms in total. The minimum absolute atomic E-state index is 0.708. The summed E-state index contributed by atoms with van der Waals surface area (Å²) in [6, 6.07) is 0. The van der Waals surface area contributed by atoms with E-state index in [1.54, 1.807) is 0 Å². The van der Waals surface area contributed by atoms with E-state index in [0.717, 1.165) is 4.43 Å². The maximum Gasteiger partial charge on any atom is 0.0706 e. The summed E-state index contributed by atoms with van der Waals surface area (Å²) in [6.07, 6.45) is 0. The predicted molar refractivity (Wildman–Crippen MR) is 48.3 cm³/mol. The van der Waals surface area contributed by atoms with Crippen molar-refractivity contribution in [2.75, 3.05) is 11.0 Å². The highest BCUT2D eigenvalue weighted by atomic mass is 127. The summed E-state index contributed by atoms with van der Waals surface area (Å²) in [5.41, 5.74) is 0. The largest absolute Gasteiger partial charge is 0.312 e. The van der Waals surface area contributed by atoms with E-state index in [0.29, 0.717) is 6.61 Å². The van der Waals surface area contributed by atoms with Crippen molar-refractivity contribution >= 4 is 53.3 Å². The normalized spacial score (nSPS) is 10.0. The summed E-state index contributed by atoms with van der Waals surface area (Å²) in [7, 11) is -0.944. The first-order chi connectivity index (χ1) is 3.27. The Balaban J connectivity index is 2.98. The van der Waals surface area contributed by atoms with Crippen LogP contribution in [0.2, 0.25) is 0 Å². The number of rotatable bonds is 3. The van der Waals surface area contributed by atoms with Crippen molar-refractivity contribution in [2.24, 2.45) is 0 Å². The van der Waals surface area contributed by atoms with Gasteiger partial charge in [0.2, 0.25) is 0 Å². The molecule has 0 aliphatic rings. The molecule has 0 aromatic rings. The number of thiol groups is 1. The van der Waals surface area contributed by atoms with E-state index >= 15 is 0 Å². The summed E-state index contributed by atoms with van der Waals surface area (Å²) in [5, 5.41) is 0. The quantitative estimate of drug-likeness (QED) is 0.457. The first kappa shape index (κ1) is 8.48. The van der Waals surface area contributed by atoms with Gasteiger partial charge in [0.1, 0.15) is 0 Å². The smallest absolute Gasteiger partial charge is 0.0706 e. The second-order valence-corrected chi connectivity index (χ2v) is 5.21. The molecule has 0 radical (unpaired) electrons. The Morgan fingerprint density at radius 3 is 2.29 bits per heavy atom. The predicted octanol–water partition coefficient (Wildman–Crippen LogP) is 0.627.